The Morgan fingerprint density at radius 3 is 1.69 bits per heavy atom. The molecular weight excluding hydrogens is 342 g/mol. The van der Waals surface area contributed by atoms with Crippen LogP contribution in [0.1, 0.15) is 29.2 Å². The zero-order valence-electron chi connectivity index (χ0n) is 15.2. The van der Waals surface area contributed by atoms with E-state index in [4.69, 9.17) is 0 Å². The summed E-state index contributed by atoms with van der Waals surface area (Å²) in [5.74, 6) is 0. The predicted molar refractivity (Wildman–Crippen MR) is 106 cm³/mol. The van der Waals surface area contributed by atoms with Crippen molar-refractivity contribution in [2.24, 2.45) is 0 Å². The Balaban J connectivity index is 2.09. The van der Waals surface area contributed by atoms with E-state index in [0.717, 1.165) is 22.3 Å². The van der Waals surface area contributed by atoms with Crippen LogP contribution in [-0.2, 0) is 15.6 Å². The van der Waals surface area contributed by atoms with Crippen molar-refractivity contribution in [2.45, 2.75) is 31.2 Å². The van der Waals surface area contributed by atoms with Gasteiger partial charge in [0, 0.05) is 0 Å². The summed E-state index contributed by atoms with van der Waals surface area (Å²) in [6.45, 7) is 5.85. The van der Waals surface area contributed by atoms with E-state index in [1.54, 1.807) is 24.3 Å². The van der Waals surface area contributed by atoms with E-state index in [-0.39, 0.29) is 4.90 Å². The smallest absolute Gasteiger partial charge is 0.207 e. The second kappa shape index (κ2) is 7.06. The molecule has 3 aromatic carbocycles. The van der Waals surface area contributed by atoms with Gasteiger partial charge < -0.3 is 0 Å². The number of aryl methyl sites for hydroxylation is 2. The molecule has 0 aromatic heterocycles. The molecule has 0 fully saturated rings. The Morgan fingerprint density at radius 2 is 1.15 bits per heavy atom. The summed E-state index contributed by atoms with van der Waals surface area (Å²) in [6.07, 6.45) is 0. The summed E-state index contributed by atoms with van der Waals surface area (Å²) < 4.78 is 29.1. The summed E-state index contributed by atoms with van der Waals surface area (Å²) in [6, 6.07) is 24.5. The molecule has 0 amide bonds. The van der Waals surface area contributed by atoms with Gasteiger partial charge in [0.2, 0.25) is 10.0 Å². The number of hydrogen-bond donors (Lipinski definition) is 1. The van der Waals surface area contributed by atoms with Gasteiger partial charge in [0.1, 0.15) is 0 Å². The molecule has 0 radical (unpaired) electrons. The van der Waals surface area contributed by atoms with Gasteiger partial charge in [-0.15, -0.1) is 0 Å². The van der Waals surface area contributed by atoms with Crippen LogP contribution in [0.2, 0.25) is 0 Å². The molecule has 0 aliphatic heterocycles. The minimum atomic E-state index is -3.69. The minimum Gasteiger partial charge on any atom is -0.207 e. The largest absolute Gasteiger partial charge is 0.241 e. The average Bonchev–Trinajstić information content (AvgIpc) is 2.63. The second-order valence-corrected chi connectivity index (χ2v) is 8.46. The molecule has 0 heterocycles. The summed E-state index contributed by atoms with van der Waals surface area (Å²) in [5.41, 5.74) is 3.06. The van der Waals surface area contributed by atoms with Gasteiger partial charge in [0.25, 0.3) is 0 Å². The first-order valence-electron chi connectivity index (χ1n) is 8.54. The summed E-state index contributed by atoms with van der Waals surface area (Å²) in [7, 11) is -3.69. The minimum absolute atomic E-state index is 0.261. The average molecular weight is 365 g/mol. The van der Waals surface area contributed by atoms with Gasteiger partial charge in [-0.25, -0.2) is 8.42 Å². The Kier molecular flexibility index (Phi) is 4.99. The molecule has 0 saturated heterocycles. The fourth-order valence-electron chi connectivity index (χ4n) is 2.99. The number of hydrogen-bond acceptors (Lipinski definition) is 2. The van der Waals surface area contributed by atoms with Crippen molar-refractivity contribution >= 4 is 10.0 Å². The first-order valence-corrected chi connectivity index (χ1v) is 10.0. The van der Waals surface area contributed by atoms with Crippen molar-refractivity contribution in [3.05, 3.63) is 101 Å². The third-order valence-corrected chi connectivity index (χ3v) is 6.22. The van der Waals surface area contributed by atoms with Gasteiger partial charge in [0.05, 0.1) is 10.4 Å². The van der Waals surface area contributed by atoms with Gasteiger partial charge in [-0.2, -0.15) is 4.72 Å². The highest BCUT2D eigenvalue weighted by molar-refractivity contribution is 7.89. The Hall–Kier alpha value is -2.43. The molecular formula is C22H23NO2S. The van der Waals surface area contributed by atoms with Crippen molar-refractivity contribution in [1.29, 1.82) is 0 Å². The topological polar surface area (TPSA) is 46.2 Å². The van der Waals surface area contributed by atoms with Gasteiger partial charge in [-0.3, -0.25) is 0 Å². The van der Waals surface area contributed by atoms with Crippen LogP contribution in [-0.4, -0.2) is 8.42 Å². The maximum absolute atomic E-state index is 13.1. The molecule has 1 atom stereocenters. The van der Waals surface area contributed by atoms with E-state index in [1.807, 2.05) is 75.4 Å². The molecule has 1 N–H and O–H groups in total. The number of sulfonamides is 1. The van der Waals surface area contributed by atoms with Gasteiger partial charge in [0.15, 0.2) is 0 Å². The van der Waals surface area contributed by atoms with Crippen LogP contribution in [0.4, 0.5) is 0 Å². The van der Waals surface area contributed by atoms with E-state index in [1.165, 1.54) is 0 Å². The molecule has 3 rings (SSSR count). The van der Waals surface area contributed by atoms with Gasteiger partial charge in [-0.1, -0.05) is 77.9 Å². The molecule has 0 bridgehead atoms. The van der Waals surface area contributed by atoms with Crippen LogP contribution in [0.3, 0.4) is 0 Å². The van der Waals surface area contributed by atoms with Gasteiger partial charge >= 0.3 is 0 Å². The molecule has 0 aliphatic rings. The first-order chi connectivity index (χ1) is 12.3. The molecule has 26 heavy (non-hydrogen) atoms. The maximum atomic E-state index is 13.1. The van der Waals surface area contributed by atoms with E-state index in [0.29, 0.717) is 0 Å². The monoisotopic (exact) mass is 365 g/mol. The zero-order valence-corrected chi connectivity index (χ0v) is 16.0. The Bertz CT molecular complexity index is 979. The Labute approximate surface area is 155 Å². The Morgan fingerprint density at radius 1 is 0.692 bits per heavy atom. The third kappa shape index (κ3) is 3.71. The van der Waals surface area contributed by atoms with Crippen LogP contribution >= 0.6 is 0 Å². The van der Waals surface area contributed by atoms with Crippen LogP contribution in [0, 0.1) is 13.8 Å². The highest BCUT2D eigenvalue weighted by Crippen LogP contribution is 2.31. The van der Waals surface area contributed by atoms with Crippen molar-refractivity contribution < 1.29 is 8.42 Å². The van der Waals surface area contributed by atoms with Crippen molar-refractivity contribution in [2.75, 3.05) is 0 Å². The van der Waals surface area contributed by atoms with E-state index < -0.39 is 15.6 Å². The quantitative estimate of drug-likeness (QED) is 0.721. The number of benzene rings is 3. The third-order valence-electron chi connectivity index (χ3n) is 4.65. The summed E-state index contributed by atoms with van der Waals surface area (Å²) >= 11 is 0. The molecule has 0 saturated carbocycles. The van der Waals surface area contributed by atoms with Crippen LogP contribution in [0.25, 0.3) is 0 Å². The van der Waals surface area contributed by atoms with E-state index in [9.17, 15) is 8.42 Å². The van der Waals surface area contributed by atoms with Crippen LogP contribution in [0.5, 0.6) is 0 Å². The molecule has 134 valence electrons. The number of rotatable bonds is 5. The highest BCUT2D eigenvalue weighted by atomic mass is 32.2. The lowest BCUT2D eigenvalue weighted by molar-refractivity contribution is 0.502. The summed E-state index contributed by atoms with van der Waals surface area (Å²) in [4.78, 5) is 0.261. The number of nitrogens with one attached hydrogen (secondary N) is 1. The van der Waals surface area contributed by atoms with Crippen LogP contribution in [0.15, 0.2) is 83.8 Å². The lowest BCUT2D eigenvalue weighted by Gasteiger charge is -2.32. The summed E-state index contributed by atoms with van der Waals surface area (Å²) in [5, 5.41) is 0. The molecule has 3 nitrogen and oxygen atoms in total. The highest BCUT2D eigenvalue weighted by Gasteiger charge is 2.34. The molecule has 4 heteroatoms. The molecule has 0 aliphatic carbocycles. The normalized spacial score (nSPS) is 14.0. The lowest BCUT2D eigenvalue weighted by Crippen LogP contribution is -2.44. The standard InChI is InChI=1S/C22H23NO2S/c1-17-9-13-20(14-10-17)22(3,19-7-5-4-6-8-19)23-26(24,25)21-15-11-18(2)12-16-21/h4-16,23H,1-3H3/t22-/m0/s1. The molecule has 3 aromatic rings. The zero-order chi connectivity index (χ0) is 18.8. The van der Waals surface area contributed by atoms with Gasteiger partial charge in [-0.05, 0) is 44.0 Å². The first kappa shape index (κ1) is 18.4. The SMILES string of the molecule is Cc1ccc([C@@](C)(NS(=O)(=O)c2ccc(C)cc2)c2ccccc2)cc1. The van der Waals surface area contributed by atoms with E-state index in [2.05, 4.69) is 4.72 Å². The van der Waals surface area contributed by atoms with E-state index >= 15 is 0 Å². The lowest BCUT2D eigenvalue weighted by atomic mass is 9.85. The molecule has 0 unspecified atom stereocenters. The van der Waals surface area contributed by atoms with Crippen molar-refractivity contribution in [3.63, 3.8) is 0 Å². The molecule has 0 spiro atoms. The fourth-order valence-corrected chi connectivity index (χ4v) is 4.37. The second-order valence-electron chi connectivity index (χ2n) is 6.78. The predicted octanol–water partition coefficient (Wildman–Crippen LogP) is 4.55. The van der Waals surface area contributed by atoms with Crippen LogP contribution < -0.4 is 4.72 Å². The fraction of sp³-hybridized carbons (Fsp3) is 0.182. The van der Waals surface area contributed by atoms with Crippen molar-refractivity contribution in [3.8, 4) is 0 Å². The maximum Gasteiger partial charge on any atom is 0.241 e. The van der Waals surface area contributed by atoms with Crippen molar-refractivity contribution in [1.82, 2.24) is 4.72 Å².